The number of nitrogens with two attached hydrogens (primary N) is 1. The number of benzene rings is 1. The third kappa shape index (κ3) is 1.52. The van der Waals surface area contributed by atoms with Crippen molar-refractivity contribution in [3.8, 4) is 0 Å². The molecule has 0 saturated heterocycles. The summed E-state index contributed by atoms with van der Waals surface area (Å²) in [5, 5.41) is 3.29. The molecule has 5 heteroatoms. The second-order valence-electron chi connectivity index (χ2n) is 3.09. The molecule has 0 spiro atoms. The first-order valence-corrected chi connectivity index (χ1v) is 5.14. The molecule has 2 aromatic rings. The van der Waals surface area contributed by atoms with Crippen LogP contribution in [0.25, 0.3) is 10.9 Å². The Balaban J connectivity index is 2.96. The molecule has 0 bridgehead atoms. The van der Waals surface area contributed by atoms with Crippen LogP contribution >= 0.6 is 15.9 Å². The Morgan fingerprint density at radius 2 is 2.20 bits per heavy atom. The standard InChI is InChI=1S/C10H9BrFN3/c1-14-10-7(13)4-15-9-5(11)2-3-6(12)8(9)10/h2-4H,13H2,1H3,(H,14,15). The van der Waals surface area contributed by atoms with Gasteiger partial charge in [-0.3, -0.25) is 4.98 Å². The number of fused-ring (bicyclic) bond motifs is 1. The molecule has 78 valence electrons. The number of aromatic nitrogens is 1. The Morgan fingerprint density at radius 1 is 1.47 bits per heavy atom. The molecule has 3 N–H and O–H groups in total. The van der Waals surface area contributed by atoms with Crippen LogP contribution in [0.1, 0.15) is 0 Å². The predicted molar refractivity (Wildman–Crippen MR) is 63.4 cm³/mol. The maximum atomic E-state index is 13.6. The van der Waals surface area contributed by atoms with Gasteiger partial charge < -0.3 is 11.1 Å². The zero-order valence-corrected chi connectivity index (χ0v) is 9.60. The average Bonchev–Trinajstić information content (AvgIpc) is 2.23. The van der Waals surface area contributed by atoms with Gasteiger partial charge in [-0.2, -0.15) is 0 Å². The molecule has 1 heterocycles. The van der Waals surface area contributed by atoms with Crippen molar-refractivity contribution in [2.45, 2.75) is 0 Å². The van der Waals surface area contributed by atoms with E-state index in [1.807, 2.05) is 0 Å². The first-order chi connectivity index (χ1) is 7.15. The van der Waals surface area contributed by atoms with Crippen molar-refractivity contribution in [3.63, 3.8) is 0 Å². The fraction of sp³-hybridized carbons (Fsp3) is 0.100. The number of anilines is 2. The van der Waals surface area contributed by atoms with Gasteiger partial charge in [0.1, 0.15) is 5.82 Å². The molecule has 1 aromatic heterocycles. The van der Waals surface area contributed by atoms with Crippen LogP contribution in [0.2, 0.25) is 0 Å². The van der Waals surface area contributed by atoms with Gasteiger partial charge in [0.2, 0.25) is 0 Å². The van der Waals surface area contributed by atoms with E-state index in [0.717, 1.165) is 4.47 Å². The fourth-order valence-electron chi connectivity index (χ4n) is 1.52. The van der Waals surface area contributed by atoms with Crippen LogP contribution in [0.3, 0.4) is 0 Å². The number of nitrogens with zero attached hydrogens (tertiary/aromatic N) is 1. The lowest BCUT2D eigenvalue weighted by atomic mass is 10.1. The molecule has 0 aliphatic heterocycles. The van der Waals surface area contributed by atoms with Gasteiger partial charge in [0.15, 0.2) is 0 Å². The van der Waals surface area contributed by atoms with E-state index in [4.69, 9.17) is 5.73 Å². The van der Waals surface area contributed by atoms with Crippen LogP contribution in [0.5, 0.6) is 0 Å². The summed E-state index contributed by atoms with van der Waals surface area (Å²) in [4.78, 5) is 4.10. The average molecular weight is 270 g/mol. The Morgan fingerprint density at radius 3 is 2.87 bits per heavy atom. The van der Waals surface area contributed by atoms with Crippen molar-refractivity contribution in [3.05, 3.63) is 28.6 Å². The molecule has 0 amide bonds. The minimum Gasteiger partial charge on any atom is -0.396 e. The van der Waals surface area contributed by atoms with Gasteiger partial charge in [-0.1, -0.05) is 0 Å². The van der Waals surface area contributed by atoms with Gasteiger partial charge >= 0.3 is 0 Å². The lowest BCUT2D eigenvalue weighted by Gasteiger charge is -2.10. The number of halogens is 2. The van der Waals surface area contributed by atoms with Crippen LogP contribution in [0, 0.1) is 5.82 Å². The number of hydrogen-bond acceptors (Lipinski definition) is 3. The van der Waals surface area contributed by atoms with Crippen LogP contribution in [-0.2, 0) is 0 Å². The minimum atomic E-state index is -0.336. The van der Waals surface area contributed by atoms with E-state index in [1.165, 1.54) is 12.3 Å². The highest BCUT2D eigenvalue weighted by Gasteiger charge is 2.12. The van der Waals surface area contributed by atoms with E-state index in [0.29, 0.717) is 22.3 Å². The lowest BCUT2D eigenvalue weighted by molar-refractivity contribution is 0.639. The SMILES string of the molecule is CNc1c(N)cnc2c(Br)ccc(F)c12. The monoisotopic (exact) mass is 269 g/mol. The maximum Gasteiger partial charge on any atom is 0.134 e. The van der Waals surface area contributed by atoms with Gasteiger partial charge in [-0.15, -0.1) is 0 Å². The zero-order valence-electron chi connectivity index (χ0n) is 8.01. The summed E-state index contributed by atoms with van der Waals surface area (Å²) in [5.41, 5.74) is 7.27. The van der Waals surface area contributed by atoms with Crippen molar-refractivity contribution in [1.29, 1.82) is 0 Å². The van der Waals surface area contributed by atoms with Crippen molar-refractivity contribution >= 4 is 38.2 Å². The van der Waals surface area contributed by atoms with Gasteiger partial charge in [0.25, 0.3) is 0 Å². The number of hydrogen-bond donors (Lipinski definition) is 2. The first-order valence-electron chi connectivity index (χ1n) is 4.35. The molecule has 2 rings (SSSR count). The number of nitrogen functional groups attached to an aromatic ring is 1. The van der Waals surface area contributed by atoms with Crippen LogP contribution < -0.4 is 11.1 Å². The Labute approximate surface area is 94.6 Å². The molecule has 0 atom stereocenters. The summed E-state index contributed by atoms with van der Waals surface area (Å²) in [6, 6.07) is 3.01. The zero-order chi connectivity index (χ0) is 11.0. The van der Waals surface area contributed by atoms with Crippen molar-refractivity contribution in [2.24, 2.45) is 0 Å². The molecular formula is C10H9BrFN3. The fourth-order valence-corrected chi connectivity index (χ4v) is 1.95. The molecule has 0 aliphatic carbocycles. The van der Waals surface area contributed by atoms with E-state index in [1.54, 1.807) is 13.1 Å². The molecule has 1 aromatic carbocycles. The molecule has 0 aliphatic rings. The molecule has 0 saturated carbocycles. The number of pyridine rings is 1. The van der Waals surface area contributed by atoms with Crippen LogP contribution in [-0.4, -0.2) is 12.0 Å². The largest absolute Gasteiger partial charge is 0.396 e. The normalized spacial score (nSPS) is 10.6. The topological polar surface area (TPSA) is 50.9 Å². The van der Waals surface area contributed by atoms with E-state index in [-0.39, 0.29) is 5.82 Å². The lowest BCUT2D eigenvalue weighted by Crippen LogP contribution is -1.99. The summed E-state index contributed by atoms with van der Waals surface area (Å²) >= 11 is 3.32. The summed E-state index contributed by atoms with van der Waals surface area (Å²) in [6.07, 6.45) is 1.51. The number of nitrogens with one attached hydrogen (secondary N) is 1. The van der Waals surface area contributed by atoms with Crippen LogP contribution in [0.4, 0.5) is 15.8 Å². The Kier molecular flexibility index (Phi) is 2.48. The predicted octanol–water partition coefficient (Wildman–Crippen LogP) is 2.76. The van der Waals surface area contributed by atoms with Gasteiger partial charge in [0.05, 0.1) is 28.5 Å². The van der Waals surface area contributed by atoms with E-state index in [9.17, 15) is 4.39 Å². The Hall–Kier alpha value is -1.36. The quantitative estimate of drug-likeness (QED) is 0.837. The van der Waals surface area contributed by atoms with E-state index >= 15 is 0 Å². The number of rotatable bonds is 1. The molecule has 0 fully saturated rings. The van der Waals surface area contributed by atoms with E-state index in [2.05, 4.69) is 26.2 Å². The third-order valence-corrected chi connectivity index (χ3v) is 2.84. The summed E-state index contributed by atoms with van der Waals surface area (Å²) in [7, 11) is 1.70. The van der Waals surface area contributed by atoms with Crippen molar-refractivity contribution < 1.29 is 4.39 Å². The first kappa shape index (κ1) is 10.2. The highest BCUT2D eigenvalue weighted by molar-refractivity contribution is 9.10. The minimum absolute atomic E-state index is 0.336. The van der Waals surface area contributed by atoms with Crippen molar-refractivity contribution in [1.82, 2.24) is 4.98 Å². The van der Waals surface area contributed by atoms with Gasteiger partial charge in [-0.05, 0) is 28.1 Å². The summed E-state index contributed by atoms with van der Waals surface area (Å²) in [5.74, 6) is -0.336. The van der Waals surface area contributed by atoms with Gasteiger partial charge in [-0.25, -0.2) is 4.39 Å². The maximum absolute atomic E-state index is 13.6. The van der Waals surface area contributed by atoms with Crippen LogP contribution in [0.15, 0.2) is 22.8 Å². The summed E-state index contributed by atoms with van der Waals surface area (Å²) < 4.78 is 14.4. The smallest absolute Gasteiger partial charge is 0.134 e. The summed E-state index contributed by atoms with van der Waals surface area (Å²) in [6.45, 7) is 0. The molecular weight excluding hydrogens is 261 g/mol. The molecule has 0 unspecified atom stereocenters. The highest BCUT2D eigenvalue weighted by Crippen LogP contribution is 2.33. The second kappa shape index (κ2) is 3.66. The Bertz CT molecular complexity index is 528. The third-order valence-electron chi connectivity index (χ3n) is 2.20. The molecule has 0 radical (unpaired) electrons. The van der Waals surface area contributed by atoms with Gasteiger partial charge in [0, 0.05) is 11.5 Å². The van der Waals surface area contributed by atoms with Crippen molar-refractivity contribution in [2.75, 3.05) is 18.1 Å². The molecule has 3 nitrogen and oxygen atoms in total. The molecule has 15 heavy (non-hydrogen) atoms. The van der Waals surface area contributed by atoms with E-state index < -0.39 is 0 Å². The second-order valence-corrected chi connectivity index (χ2v) is 3.95. The highest BCUT2D eigenvalue weighted by atomic mass is 79.9.